The minimum absolute atomic E-state index is 0.0681. The number of alkyl carbamates (subject to hydrolysis) is 1. The Kier molecular flexibility index (Phi) is 7.02. The smallest absolute Gasteiger partial charge is 0.408 e. The molecule has 3 amide bonds. The van der Waals surface area contributed by atoms with Crippen LogP contribution in [-0.4, -0.2) is 48.0 Å². The number of carbonyl (C=O) groups is 4. The van der Waals surface area contributed by atoms with Crippen LogP contribution in [0.2, 0.25) is 0 Å². The van der Waals surface area contributed by atoms with E-state index in [1.165, 1.54) is 0 Å². The van der Waals surface area contributed by atoms with E-state index in [0.29, 0.717) is 11.1 Å². The van der Waals surface area contributed by atoms with Crippen molar-refractivity contribution >= 4 is 23.9 Å². The van der Waals surface area contributed by atoms with Gasteiger partial charge in [0, 0.05) is 0 Å². The number of nitrogens with one attached hydrogen (secondary N) is 1. The number of esters is 1. The van der Waals surface area contributed by atoms with E-state index in [1.807, 2.05) is 30.3 Å². The van der Waals surface area contributed by atoms with Crippen LogP contribution in [0.3, 0.4) is 0 Å². The van der Waals surface area contributed by atoms with Gasteiger partial charge in [-0.1, -0.05) is 56.3 Å². The first kappa shape index (κ1) is 22.0. The van der Waals surface area contributed by atoms with Gasteiger partial charge in [0.1, 0.15) is 19.3 Å². The Morgan fingerprint density at radius 1 is 0.903 bits per heavy atom. The summed E-state index contributed by atoms with van der Waals surface area (Å²) in [6.07, 6.45) is -0.736. The second-order valence-electron chi connectivity index (χ2n) is 7.40. The van der Waals surface area contributed by atoms with Crippen molar-refractivity contribution in [3.05, 3.63) is 71.3 Å². The van der Waals surface area contributed by atoms with Crippen molar-refractivity contribution in [1.29, 1.82) is 0 Å². The van der Waals surface area contributed by atoms with Crippen molar-refractivity contribution in [2.45, 2.75) is 26.5 Å². The van der Waals surface area contributed by atoms with Gasteiger partial charge >= 0.3 is 12.1 Å². The molecule has 0 aromatic heterocycles. The number of fused-ring (bicyclic) bond motifs is 1. The number of ether oxygens (including phenoxy) is 2. The maximum atomic E-state index is 12.5. The lowest BCUT2D eigenvalue weighted by Crippen LogP contribution is -2.46. The van der Waals surface area contributed by atoms with Crippen LogP contribution in [0.1, 0.15) is 40.1 Å². The molecule has 3 rings (SSSR count). The highest BCUT2D eigenvalue weighted by atomic mass is 16.6. The van der Waals surface area contributed by atoms with Gasteiger partial charge in [-0.05, 0) is 23.6 Å². The van der Waals surface area contributed by atoms with Crippen molar-refractivity contribution < 1.29 is 28.7 Å². The molecule has 2 aromatic carbocycles. The highest BCUT2D eigenvalue weighted by Gasteiger charge is 2.35. The van der Waals surface area contributed by atoms with Gasteiger partial charge in [-0.15, -0.1) is 0 Å². The summed E-state index contributed by atoms with van der Waals surface area (Å²) in [6, 6.07) is 14.8. The molecule has 31 heavy (non-hydrogen) atoms. The number of rotatable bonds is 8. The molecule has 1 unspecified atom stereocenters. The molecular weight excluding hydrogens is 400 g/mol. The molecule has 1 N–H and O–H groups in total. The van der Waals surface area contributed by atoms with Crippen LogP contribution in [-0.2, 0) is 20.9 Å². The van der Waals surface area contributed by atoms with E-state index in [-0.39, 0.29) is 25.7 Å². The van der Waals surface area contributed by atoms with Crippen LogP contribution in [0.5, 0.6) is 0 Å². The maximum Gasteiger partial charge on any atom is 0.408 e. The number of amides is 3. The Hall–Kier alpha value is -3.68. The summed E-state index contributed by atoms with van der Waals surface area (Å²) in [5, 5.41) is 2.51. The molecule has 8 heteroatoms. The van der Waals surface area contributed by atoms with E-state index in [2.05, 4.69) is 5.32 Å². The predicted octanol–water partition coefficient (Wildman–Crippen LogP) is 2.78. The fraction of sp³-hybridized carbons (Fsp3) is 0.304. The Bertz CT molecular complexity index is 938. The topological polar surface area (TPSA) is 102 Å². The van der Waals surface area contributed by atoms with Gasteiger partial charge in [0.2, 0.25) is 0 Å². The lowest BCUT2D eigenvalue weighted by Gasteiger charge is -2.21. The third kappa shape index (κ3) is 5.28. The second-order valence-corrected chi connectivity index (χ2v) is 7.40. The van der Waals surface area contributed by atoms with E-state index in [9.17, 15) is 19.2 Å². The van der Waals surface area contributed by atoms with Crippen LogP contribution < -0.4 is 5.32 Å². The largest absolute Gasteiger partial charge is 0.462 e. The van der Waals surface area contributed by atoms with E-state index in [4.69, 9.17) is 9.47 Å². The number of hydrogen-bond donors (Lipinski definition) is 1. The molecule has 0 bridgehead atoms. The van der Waals surface area contributed by atoms with E-state index in [0.717, 1.165) is 10.5 Å². The summed E-state index contributed by atoms with van der Waals surface area (Å²) in [5.41, 5.74) is 1.49. The van der Waals surface area contributed by atoms with Crippen LogP contribution in [0, 0.1) is 5.92 Å². The quantitative estimate of drug-likeness (QED) is 0.516. The lowest BCUT2D eigenvalue weighted by atomic mass is 10.1. The number of benzene rings is 2. The summed E-state index contributed by atoms with van der Waals surface area (Å²) in [5.74, 6) is -1.75. The number of carbonyl (C=O) groups excluding carboxylic acids is 4. The monoisotopic (exact) mass is 424 g/mol. The number of hydrogen-bond acceptors (Lipinski definition) is 6. The van der Waals surface area contributed by atoms with Gasteiger partial charge in [0.25, 0.3) is 11.8 Å². The van der Waals surface area contributed by atoms with Crippen molar-refractivity contribution in [1.82, 2.24) is 10.2 Å². The number of imide groups is 1. The fourth-order valence-electron chi connectivity index (χ4n) is 3.16. The number of nitrogens with zero attached hydrogens (tertiary/aromatic N) is 1. The van der Waals surface area contributed by atoms with Gasteiger partial charge < -0.3 is 14.8 Å². The molecule has 2 aromatic rings. The maximum absolute atomic E-state index is 12.5. The van der Waals surface area contributed by atoms with Crippen molar-refractivity contribution in [2.75, 3.05) is 13.2 Å². The molecule has 1 heterocycles. The van der Waals surface area contributed by atoms with Crippen LogP contribution >= 0.6 is 0 Å². The van der Waals surface area contributed by atoms with Crippen molar-refractivity contribution in [2.24, 2.45) is 5.92 Å². The molecule has 162 valence electrons. The molecule has 1 aliphatic heterocycles. The zero-order valence-corrected chi connectivity index (χ0v) is 17.4. The standard InChI is InChI=1S/C23H24N2O6/c1-15(2)19(24-23(29)31-14-16-8-4-3-5-9-16)22(28)30-13-12-25-20(26)17-10-6-7-11-18(17)21(25)27/h3-11,15,19H,12-14H2,1-2H3,(H,24,29). The SMILES string of the molecule is CC(C)C(NC(=O)OCc1ccccc1)C(=O)OCCN1C(=O)c2ccccc2C1=O. The van der Waals surface area contributed by atoms with E-state index >= 15 is 0 Å². The molecular formula is C23H24N2O6. The summed E-state index contributed by atoms with van der Waals surface area (Å²) < 4.78 is 10.4. The minimum atomic E-state index is -0.926. The molecule has 0 aliphatic carbocycles. The van der Waals surface area contributed by atoms with E-state index < -0.39 is 29.9 Å². The third-order valence-corrected chi connectivity index (χ3v) is 4.84. The molecule has 0 spiro atoms. The molecule has 0 saturated carbocycles. The van der Waals surface area contributed by atoms with Gasteiger partial charge in [-0.2, -0.15) is 0 Å². The van der Waals surface area contributed by atoms with E-state index in [1.54, 1.807) is 38.1 Å². The first-order valence-electron chi connectivity index (χ1n) is 9.97. The van der Waals surface area contributed by atoms with Crippen molar-refractivity contribution in [3.63, 3.8) is 0 Å². The molecule has 1 aliphatic rings. The summed E-state index contributed by atoms with van der Waals surface area (Å²) in [4.78, 5) is 50.3. The first-order chi connectivity index (χ1) is 14.9. The first-order valence-corrected chi connectivity index (χ1v) is 9.97. The minimum Gasteiger partial charge on any atom is -0.462 e. The molecule has 0 radical (unpaired) electrons. The summed E-state index contributed by atoms with van der Waals surface area (Å²) in [6.45, 7) is 3.35. The highest BCUT2D eigenvalue weighted by molar-refractivity contribution is 6.21. The van der Waals surface area contributed by atoms with Gasteiger partial charge in [-0.25, -0.2) is 9.59 Å². The van der Waals surface area contributed by atoms with Crippen molar-refractivity contribution in [3.8, 4) is 0 Å². The molecule has 1 atom stereocenters. The third-order valence-electron chi connectivity index (χ3n) is 4.84. The van der Waals surface area contributed by atoms with Gasteiger partial charge in [-0.3, -0.25) is 14.5 Å². The molecule has 8 nitrogen and oxygen atoms in total. The highest BCUT2D eigenvalue weighted by Crippen LogP contribution is 2.22. The summed E-state index contributed by atoms with van der Waals surface area (Å²) >= 11 is 0. The average molecular weight is 424 g/mol. The fourth-order valence-corrected chi connectivity index (χ4v) is 3.16. The molecule has 0 fully saturated rings. The Labute approximate surface area is 180 Å². The Balaban J connectivity index is 1.49. The second kappa shape index (κ2) is 9.88. The molecule has 0 saturated heterocycles. The predicted molar refractivity (Wildman–Crippen MR) is 111 cm³/mol. The van der Waals surface area contributed by atoms with Gasteiger partial charge in [0.05, 0.1) is 17.7 Å². The zero-order chi connectivity index (χ0) is 22.4. The average Bonchev–Trinajstić information content (AvgIpc) is 3.01. The zero-order valence-electron chi connectivity index (χ0n) is 17.4. The normalized spacial score (nSPS) is 13.7. The summed E-state index contributed by atoms with van der Waals surface area (Å²) in [7, 11) is 0. The van der Waals surface area contributed by atoms with Gasteiger partial charge in [0.15, 0.2) is 0 Å². The lowest BCUT2D eigenvalue weighted by molar-refractivity contribution is -0.147. The van der Waals surface area contributed by atoms with Crippen LogP contribution in [0.4, 0.5) is 4.79 Å². The Morgan fingerprint density at radius 3 is 2.06 bits per heavy atom. The van der Waals surface area contributed by atoms with Crippen LogP contribution in [0.15, 0.2) is 54.6 Å². The Morgan fingerprint density at radius 2 is 1.48 bits per heavy atom. The van der Waals surface area contributed by atoms with Crippen LogP contribution in [0.25, 0.3) is 0 Å².